The number of hydrogen-bond donors (Lipinski definition) is 1. The van der Waals surface area contributed by atoms with Crippen molar-refractivity contribution in [2.45, 2.75) is 0 Å². The standard InChI is InChI=1S/C20H12Cl2N2OS/c21-14-8-13(19(25)16(22)10-14)11-23-15-5-3-4-12(9-15)20-24-17-6-1-2-7-18(17)26-20/h1-11,25H. The summed E-state index contributed by atoms with van der Waals surface area (Å²) in [4.78, 5) is 9.11. The van der Waals surface area contributed by atoms with Gasteiger partial charge in [-0.2, -0.15) is 0 Å². The molecule has 0 aliphatic carbocycles. The van der Waals surface area contributed by atoms with E-state index in [-0.39, 0.29) is 10.8 Å². The molecule has 3 nitrogen and oxygen atoms in total. The number of phenolic OH excluding ortho intramolecular Hbond substituents is 1. The largest absolute Gasteiger partial charge is 0.506 e. The molecule has 4 aromatic rings. The molecule has 0 unspecified atom stereocenters. The average molecular weight is 399 g/mol. The monoisotopic (exact) mass is 398 g/mol. The van der Waals surface area contributed by atoms with E-state index >= 15 is 0 Å². The first-order valence-corrected chi connectivity index (χ1v) is 9.35. The second kappa shape index (κ2) is 7.08. The number of aromatic hydroxyl groups is 1. The Morgan fingerprint density at radius 1 is 1.00 bits per heavy atom. The lowest BCUT2D eigenvalue weighted by molar-refractivity contribution is 0.475. The number of benzene rings is 3. The Balaban J connectivity index is 1.68. The molecule has 0 radical (unpaired) electrons. The Kier molecular flexibility index (Phi) is 4.64. The molecule has 0 fully saturated rings. The predicted octanol–water partition coefficient (Wildman–Crippen LogP) is 6.73. The van der Waals surface area contributed by atoms with Gasteiger partial charge in [-0.15, -0.1) is 11.3 Å². The van der Waals surface area contributed by atoms with Crippen molar-refractivity contribution in [3.63, 3.8) is 0 Å². The second-order valence-corrected chi connectivity index (χ2v) is 7.50. The van der Waals surface area contributed by atoms with E-state index in [9.17, 15) is 5.11 Å². The van der Waals surface area contributed by atoms with Crippen LogP contribution in [0.1, 0.15) is 5.56 Å². The summed E-state index contributed by atoms with van der Waals surface area (Å²) in [6.45, 7) is 0. The molecule has 0 amide bonds. The third-order valence-corrected chi connectivity index (χ3v) is 5.39. The van der Waals surface area contributed by atoms with Crippen LogP contribution < -0.4 is 0 Å². The van der Waals surface area contributed by atoms with Gasteiger partial charge >= 0.3 is 0 Å². The van der Waals surface area contributed by atoms with Crippen LogP contribution in [0.4, 0.5) is 5.69 Å². The maximum atomic E-state index is 10.0. The first-order valence-electron chi connectivity index (χ1n) is 7.78. The van der Waals surface area contributed by atoms with Crippen LogP contribution in [0.25, 0.3) is 20.8 Å². The van der Waals surface area contributed by atoms with Crippen LogP contribution in [-0.2, 0) is 0 Å². The molecule has 0 saturated heterocycles. The molecular formula is C20H12Cl2N2OS. The number of aliphatic imine (C=N–C) groups is 1. The quantitative estimate of drug-likeness (QED) is 0.389. The Bertz CT molecular complexity index is 1100. The van der Waals surface area contributed by atoms with Gasteiger partial charge < -0.3 is 5.11 Å². The summed E-state index contributed by atoms with van der Waals surface area (Å²) in [5.74, 6) is -0.0397. The van der Waals surface area contributed by atoms with Gasteiger partial charge in [0.25, 0.3) is 0 Å². The number of fused-ring (bicyclic) bond motifs is 1. The van der Waals surface area contributed by atoms with Crippen molar-refractivity contribution in [2.24, 2.45) is 4.99 Å². The summed E-state index contributed by atoms with van der Waals surface area (Å²) in [6.07, 6.45) is 1.55. The fourth-order valence-corrected chi connectivity index (χ4v) is 4.01. The van der Waals surface area contributed by atoms with E-state index in [4.69, 9.17) is 23.2 Å². The van der Waals surface area contributed by atoms with Crippen LogP contribution in [0, 0.1) is 0 Å². The molecule has 0 bridgehead atoms. The van der Waals surface area contributed by atoms with E-state index in [1.807, 2.05) is 42.5 Å². The van der Waals surface area contributed by atoms with Crippen LogP contribution >= 0.6 is 34.5 Å². The minimum absolute atomic E-state index is 0.0397. The number of phenols is 1. The van der Waals surface area contributed by atoms with Crippen LogP contribution in [-0.4, -0.2) is 16.3 Å². The highest BCUT2D eigenvalue weighted by molar-refractivity contribution is 7.21. The van der Waals surface area contributed by atoms with Crippen LogP contribution in [0.2, 0.25) is 10.0 Å². The first-order chi connectivity index (χ1) is 12.6. The zero-order valence-corrected chi connectivity index (χ0v) is 15.7. The molecule has 1 heterocycles. The zero-order valence-electron chi connectivity index (χ0n) is 13.4. The van der Waals surface area contributed by atoms with Gasteiger partial charge in [0, 0.05) is 22.4 Å². The molecule has 1 aromatic heterocycles. The van der Waals surface area contributed by atoms with Crippen LogP contribution in [0.3, 0.4) is 0 Å². The second-order valence-electron chi connectivity index (χ2n) is 5.62. The van der Waals surface area contributed by atoms with E-state index in [0.29, 0.717) is 10.6 Å². The van der Waals surface area contributed by atoms with Crippen LogP contribution in [0.15, 0.2) is 65.7 Å². The molecule has 0 spiro atoms. The molecule has 128 valence electrons. The smallest absolute Gasteiger partial charge is 0.143 e. The van der Waals surface area contributed by atoms with Crippen molar-refractivity contribution in [3.05, 3.63) is 76.3 Å². The van der Waals surface area contributed by atoms with E-state index in [2.05, 4.69) is 16.0 Å². The maximum Gasteiger partial charge on any atom is 0.143 e. The van der Waals surface area contributed by atoms with E-state index in [0.717, 1.165) is 26.5 Å². The van der Waals surface area contributed by atoms with E-state index < -0.39 is 0 Å². The van der Waals surface area contributed by atoms with Crippen molar-refractivity contribution in [1.82, 2.24) is 4.98 Å². The lowest BCUT2D eigenvalue weighted by Gasteiger charge is -2.03. The van der Waals surface area contributed by atoms with Crippen molar-refractivity contribution in [3.8, 4) is 16.3 Å². The molecule has 4 rings (SSSR count). The fourth-order valence-electron chi connectivity index (χ4n) is 2.54. The van der Waals surface area contributed by atoms with E-state index in [1.54, 1.807) is 23.6 Å². The summed E-state index contributed by atoms with van der Waals surface area (Å²) < 4.78 is 1.15. The summed E-state index contributed by atoms with van der Waals surface area (Å²) in [5.41, 5.74) is 3.19. The minimum Gasteiger partial charge on any atom is -0.506 e. The lowest BCUT2D eigenvalue weighted by Crippen LogP contribution is -1.84. The predicted molar refractivity (Wildman–Crippen MR) is 110 cm³/mol. The average Bonchev–Trinajstić information content (AvgIpc) is 3.08. The van der Waals surface area contributed by atoms with Gasteiger partial charge in [0.2, 0.25) is 0 Å². The number of thiazole rings is 1. The number of halogens is 2. The third-order valence-electron chi connectivity index (χ3n) is 3.80. The van der Waals surface area contributed by atoms with Crippen molar-refractivity contribution in [1.29, 1.82) is 0 Å². The normalized spacial score (nSPS) is 11.5. The number of para-hydroxylation sites is 1. The molecule has 0 saturated carbocycles. The topological polar surface area (TPSA) is 45.5 Å². The summed E-state index contributed by atoms with van der Waals surface area (Å²) in [7, 11) is 0. The highest BCUT2D eigenvalue weighted by Gasteiger charge is 2.08. The van der Waals surface area contributed by atoms with Gasteiger partial charge in [-0.1, -0.05) is 47.5 Å². The molecule has 1 N–H and O–H groups in total. The molecule has 0 aliphatic heterocycles. The SMILES string of the molecule is Oc1c(Cl)cc(Cl)cc1C=Nc1cccc(-c2nc3ccccc3s2)c1. The molecule has 3 aromatic carbocycles. The summed E-state index contributed by atoms with van der Waals surface area (Å²) in [5, 5.41) is 11.6. The number of hydrogen-bond acceptors (Lipinski definition) is 4. The van der Waals surface area contributed by atoms with Crippen LogP contribution in [0.5, 0.6) is 5.75 Å². The number of aromatic nitrogens is 1. The lowest BCUT2D eigenvalue weighted by atomic mass is 10.2. The number of rotatable bonds is 3. The zero-order chi connectivity index (χ0) is 18.1. The summed E-state index contributed by atoms with van der Waals surface area (Å²) >= 11 is 13.6. The number of nitrogens with zero attached hydrogens (tertiary/aromatic N) is 2. The van der Waals surface area contributed by atoms with Gasteiger partial charge in [0.05, 0.1) is 20.9 Å². The first kappa shape index (κ1) is 17.0. The third kappa shape index (κ3) is 3.44. The Morgan fingerprint density at radius 2 is 1.85 bits per heavy atom. The highest BCUT2D eigenvalue weighted by Crippen LogP contribution is 2.33. The molecule has 0 atom stereocenters. The highest BCUT2D eigenvalue weighted by atomic mass is 35.5. The van der Waals surface area contributed by atoms with Gasteiger partial charge in [-0.25, -0.2) is 4.98 Å². The van der Waals surface area contributed by atoms with Crippen molar-refractivity contribution >= 4 is 56.7 Å². The van der Waals surface area contributed by atoms with Gasteiger partial charge in [-0.05, 0) is 36.4 Å². The van der Waals surface area contributed by atoms with E-state index in [1.165, 1.54) is 6.07 Å². The Hall–Kier alpha value is -2.40. The maximum absolute atomic E-state index is 10.0. The molecule has 26 heavy (non-hydrogen) atoms. The van der Waals surface area contributed by atoms with Crippen molar-refractivity contribution in [2.75, 3.05) is 0 Å². The Labute approximate surface area is 164 Å². The fraction of sp³-hybridized carbons (Fsp3) is 0. The summed E-state index contributed by atoms with van der Waals surface area (Å²) in [6, 6.07) is 18.9. The molecular weight excluding hydrogens is 387 g/mol. The van der Waals surface area contributed by atoms with Gasteiger partial charge in [0.15, 0.2) is 0 Å². The molecule has 0 aliphatic rings. The van der Waals surface area contributed by atoms with Gasteiger partial charge in [-0.3, -0.25) is 4.99 Å². The Morgan fingerprint density at radius 3 is 2.69 bits per heavy atom. The minimum atomic E-state index is -0.0397. The van der Waals surface area contributed by atoms with Gasteiger partial charge in [0.1, 0.15) is 10.8 Å². The molecule has 6 heteroatoms. The van der Waals surface area contributed by atoms with Crippen molar-refractivity contribution < 1.29 is 5.11 Å².